The van der Waals surface area contributed by atoms with Crippen molar-refractivity contribution >= 4 is 37.3 Å². The Labute approximate surface area is 181 Å². The Kier molecular flexibility index (Phi) is 6.91. The summed E-state index contributed by atoms with van der Waals surface area (Å²) in [5.41, 5.74) is 2.15. The first-order valence-electron chi connectivity index (χ1n) is 9.74. The molecule has 30 heavy (non-hydrogen) atoms. The SMILES string of the molecule is C#CCn1c(=NC(=O)CCCS(=O)(=O)c2ccccc2)sc2cc(C(C)C)ccc21. The van der Waals surface area contributed by atoms with Crippen LogP contribution in [0.4, 0.5) is 0 Å². The minimum Gasteiger partial charge on any atom is -0.305 e. The van der Waals surface area contributed by atoms with Gasteiger partial charge in [0.15, 0.2) is 14.6 Å². The summed E-state index contributed by atoms with van der Waals surface area (Å²) in [6.07, 6.45) is 5.79. The third kappa shape index (κ3) is 5.07. The molecule has 1 heterocycles. The smallest absolute Gasteiger partial charge is 0.248 e. The Bertz CT molecular complexity index is 1260. The van der Waals surface area contributed by atoms with E-state index in [1.54, 1.807) is 30.3 Å². The number of amides is 1. The van der Waals surface area contributed by atoms with Gasteiger partial charge < -0.3 is 4.57 Å². The lowest BCUT2D eigenvalue weighted by atomic mass is 10.0. The summed E-state index contributed by atoms with van der Waals surface area (Å²) in [5.74, 6) is 2.57. The molecular weight excluding hydrogens is 416 g/mol. The van der Waals surface area contributed by atoms with E-state index in [-0.39, 0.29) is 29.4 Å². The van der Waals surface area contributed by atoms with Crippen molar-refractivity contribution in [1.82, 2.24) is 4.57 Å². The first-order chi connectivity index (χ1) is 14.3. The lowest BCUT2D eigenvalue weighted by Gasteiger charge is -2.05. The highest BCUT2D eigenvalue weighted by molar-refractivity contribution is 7.91. The van der Waals surface area contributed by atoms with Crippen LogP contribution in [0.15, 0.2) is 58.4 Å². The van der Waals surface area contributed by atoms with Crippen molar-refractivity contribution < 1.29 is 13.2 Å². The number of hydrogen-bond acceptors (Lipinski definition) is 4. The normalized spacial score (nSPS) is 12.4. The zero-order valence-corrected chi connectivity index (χ0v) is 18.7. The van der Waals surface area contributed by atoms with E-state index < -0.39 is 9.84 Å². The van der Waals surface area contributed by atoms with E-state index in [2.05, 4.69) is 36.9 Å². The molecule has 5 nitrogen and oxygen atoms in total. The number of benzene rings is 2. The number of sulfone groups is 1. The van der Waals surface area contributed by atoms with Crippen molar-refractivity contribution in [3.05, 3.63) is 58.9 Å². The van der Waals surface area contributed by atoms with Gasteiger partial charge in [-0.05, 0) is 42.2 Å². The van der Waals surface area contributed by atoms with Crippen LogP contribution < -0.4 is 4.80 Å². The van der Waals surface area contributed by atoms with E-state index in [0.29, 0.717) is 17.3 Å². The summed E-state index contributed by atoms with van der Waals surface area (Å²) >= 11 is 1.42. The molecule has 0 saturated heterocycles. The third-order valence-electron chi connectivity index (χ3n) is 4.75. The minimum atomic E-state index is -3.40. The van der Waals surface area contributed by atoms with Gasteiger partial charge in [0.05, 0.1) is 27.4 Å². The lowest BCUT2D eigenvalue weighted by Crippen LogP contribution is -2.16. The van der Waals surface area contributed by atoms with Crippen LogP contribution in [0.5, 0.6) is 0 Å². The summed E-state index contributed by atoms with van der Waals surface area (Å²) in [7, 11) is -3.40. The minimum absolute atomic E-state index is 0.0631. The maximum Gasteiger partial charge on any atom is 0.248 e. The summed E-state index contributed by atoms with van der Waals surface area (Å²) < 4.78 is 27.6. The van der Waals surface area contributed by atoms with Gasteiger partial charge in [-0.2, -0.15) is 4.99 Å². The van der Waals surface area contributed by atoms with Crippen molar-refractivity contribution in [2.45, 2.75) is 44.0 Å². The van der Waals surface area contributed by atoms with E-state index in [1.165, 1.54) is 16.9 Å². The molecule has 0 aliphatic heterocycles. The summed E-state index contributed by atoms with van der Waals surface area (Å²) in [5, 5.41) is 0. The van der Waals surface area contributed by atoms with Crippen molar-refractivity contribution in [1.29, 1.82) is 0 Å². The fourth-order valence-electron chi connectivity index (χ4n) is 3.10. The summed E-state index contributed by atoms with van der Waals surface area (Å²) in [6, 6.07) is 14.4. The second kappa shape index (κ2) is 9.41. The zero-order valence-electron chi connectivity index (χ0n) is 17.0. The molecule has 0 N–H and O–H groups in total. The van der Waals surface area contributed by atoms with E-state index in [0.717, 1.165) is 10.2 Å². The molecule has 0 aliphatic carbocycles. The highest BCUT2D eigenvalue weighted by atomic mass is 32.2. The molecule has 0 fully saturated rings. The predicted octanol–water partition coefficient (Wildman–Crippen LogP) is 4.14. The van der Waals surface area contributed by atoms with Gasteiger partial charge >= 0.3 is 0 Å². The lowest BCUT2D eigenvalue weighted by molar-refractivity contribution is -0.118. The molecule has 0 aliphatic rings. The number of carbonyl (C=O) groups is 1. The molecule has 3 rings (SSSR count). The first kappa shape index (κ1) is 22.0. The monoisotopic (exact) mass is 440 g/mol. The van der Waals surface area contributed by atoms with Crippen molar-refractivity contribution in [3.63, 3.8) is 0 Å². The van der Waals surface area contributed by atoms with Gasteiger partial charge in [-0.25, -0.2) is 8.42 Å². The van der Waals surface area contributed by atoms with Crippen molar-refractivity contribution in [2.24, 2.45) is 4.99 Å². The Balaban J connectivity index is 1.79. The van der Waals surface area contributed by atoms with Crippen LogP contribution in [0.2, 0.25) is 0 Å². The second-order valence-electron chi connectivity index (χ2n) is 7.30. The zero-order chi connectivity index (χ0) is 21.7. The standard InChI is InChI=1S/C23H24N2O3S2/c1-4-14-25-20-13-12-18(17(2)3)16-21(20)29-23(25)24-22(26)11-8-15-30(27,28)19-9-6-5-7-10-19/h1,5-7,9-10,12-13,16-17H,8,11,14-15H2,2-3H3. The molecule has 0 radical (unpaired) electrons. The number of carbonyl (C=O) groups excluding carboxylic acids is 1. The Morgan fingerprint density at radius 3 is 2.60 bits per heavy atom. The number of nitrogens with zero attached hydrogens (tertiary/aromatic N) is 2. The van der Waals surface area contributed by atoms with Crippen LogP contribution in [-0.2, 0) is 21.2 Å². The maximum absolute atomic E-state index is 12.4. The largest absolute Gasteiger partial charge is 0.305 e. The van der Waals surface area contributed by atoms with Gasteiger partial charge in [-0.3, -0.25) is 4.79 Å². The molecule has 0 atom stereocenters. The highest BCUT2D eigenvalue weighted by Gasteiger charge is 2.15. The molecule has 7 heteroatoms. The van der Waals surface area contributed by atoms with Crippen LogP contribution in [0, 0.1) is 12.3 Å². The van der Waals surface area contributed by atoms with Gasteiger partial charge in [0.2, 0.25) is 5.91 Å². The molecule has 3 aromatic rings. The Hall–Kier alpha value is -2.69. The number of rotatable bonds is 7. The molecule has 0 spiro atoms. The molecule has 0 bridgehead atoms. The molecule has 0 unspecified atom stereocenters. The third-order valence-corrected chi connectivity index (χ3v) is 7.61. The molecule has 156 valence electrons. The van der Waals surface area contributed by atoms with Crippen LogP contribution in [-0.4, -0.2) is 24.6 Å². The molecule has 2 aromatic carbocycles. The van der Waals surface area contributed by atoms with Crippen LogP contribution in [0.1, 0.15) is 38.2 Å². The van der Waals surface area contributed by atoms with E-state index >= 15 is 0 Å². The van der Waals surface area contributed by atoms with Crippen LogP contribution in [0.25, 0.3) is 10.2 Å². The topological polar surface area (TPSA) is 68.5 Å². The summed E-state index contributed by atoms with van der Waals surface area (Å²) in [6.45, 7) is 4.57. The fraction of sp³-hybridized carbons (Fsp3) is 0.304. The van der Waals surface area contributed by atoms with E-state index in [1.807, 2.05) is 10.6 Å². The number of terminal acetylenes is 1. The van der Waals surface area contributed by atoms with Gasteiger partial charge in [0.1, 0.15) is 0 Å². The molecular formula is C23H24N2O3S2. The number of thiazole rings is 1. The number of aromatic nitrogens is 1. The van der Waals surface area contributed by atoms with Gasteiger partial charge in [0.25, 0.3) is 0 Å². The maximum atomic E-state index is 12.4. The Morgan fingerprint density at radius 2 is 1.93 bits per heavy atom. The Morgan fingerprint density at radius 1 is 1.20 bits per heavy atom. The van der Waals surface area contributed by atoms with Crippen LogP contribution in [0.3, 0.4) is 0 Å². The van der Waals surface area contributed by atoms with Crippen molar-refractivity contribution in [3.8, 4) is 12.3 Å². The average molecular weight is 441 g/mol. The number of hydrogen-bond donors (Lipinski definition) is 0. The molecule has 1 amide bonds. The average Bonchev–Trinajstić information content (AvgIpc) is 3.05. The fourth-order valence-corrected chi connectivity index (χ4v) is 5.53. The molecule has 0 saturated carbocycles. The van der Waals surface area contributed by atoms with Crippen LogP contribution >= 0.6 is 11.3 Å². The summed E-state index contributed by atoms with van der Waals surface area (Å²) in [4.78, 5) is 17.5. The first-order valence-corrected chi connectivity index (χ1v) is 12.2. The van der Waals surface area contributed by atoms with E-state index in [9.17, 15) is 13.2 Å². The van der Waals surface area contributed by atoms with E-state index in [4.69, 9.17) is 6.42 Å². The number of fused-ring (bicyclic) bond motifs is 1. The van der Waals surface area contributed by atoms with Gasteiger partial charge in [-0.1, -0.05) is 55.4 Å². The van der Waals surface area contributed by atoms with Crippen molar-refractivity contribution in [2.75, 3.05) is 5.75 Å². The molecule has 1 aromatic heterocycles. The second-order valence-corrected chi connectivity index (χ2v) is 10.4. The van der Waals surface area contributed by atoms with Gasteiger partial charge in [-0.15, -0.1) is 6.42 Å². The quantitative estimate of drug-likeness (QED) is 0.519. The predicted molar refractivity (Wildman–Crippen MR) is 121 cm³/mol. The van der Waals surface area contributed by atoms with Gasteiger partial charge in [0, 0.05) is 6.42 Å². The highest BCUT2D eigenvalue weighted by Crippen LogP contribution is 2.23.